The number of aliphatic hydroxyl groups excluding tert-OH is 1. The zero-order valence-corrected chi connectivity index (χ0v) is 7.01. The van der Waals surface area contributed by atoms with Gasteiger partial charge in [0.1, 0.15) is 6.29 Å². The summed E-state index contributed by atoms with van der Waals surface area (Å²) in [7, 11) is -3.10. The molecular formula is C6H12O4S. The highest BCUT2D eigenvalue weighted by Gasteiger charge is 2.08. The molecule has 0 unspecified atom stereocenters. The van der Waals surface area contributed by atoms with Crippen LogP contribution in [0.2, 0.25) is 0 Å². The third-order valence-electron chi connectivity index (χ3n) is 1.16. The molecule has 66 valence electrons. The fourth-order valence-corrected chi connectivity index (χ4v) is 1.84. The molecule has 4 nitrogen and oxygen atoms in total. The standard InChI is InChI=1S/C6H12O4S/c7-3-1-5-11(9,10)6-2-4-8/h3,8H,1-2,4-6H2. The molecule has 0 saturated heterocycles. The summed E-state index contributed by atoms with van der Waals surface area (Å²) >= 11 is 0. The van der Waals surface area contributed by atoms with Crippen LogP contribution in [0.1, 0.15) is 12.8 Å². The Hall–Kier alpha value is -0.420. The summed E-state index contributed by atoms with van der Waals surface area (Å²) in [6, 6.07) is 0. The van der Waals surface area contributed by atoms with E-state index in [0.29, 0.717) is 6.29 Å². The molecular weight excluding hydrogens is 168 g/mol. The van der Waals surface area contributed by atoms with Crippen molar-refractivity contribution in [3.05, 3.63) is 0 Å². The molecule has 0 atom stereocenters. The second kappa shape index (κ2) is 5.26. The molecule has 0 rings (SSSR count). The molecule has 0 amide bonds. The van der Waals surface area contributed by atoms with Gasteiger partial charge in [0.2, 0.25) is 0 Å². The molecule has 0 aromatic heterocycles. The second-order valence-electron chi connectivity index (χ2n) is 2.18. The van der Waals surface area contributed by atoms with Crippen LogP contribution in [0, 0.1) is 0 Å². The molecule has 0 aliphatic heterocycles. The van der Waals surface area contributed by atoms with E-state index in [1.807, 2.05) is 0 Å². The summed E-state index contributed by atoms with van der Waals surface area (Å²) in [4.78, 5) is 9.81. The number of hydrogen-bond donors (Lipinski definition) is 1. The first-order chi connectivity index (χ1) is 5.12. The molecule has 1 N–H and O–H groups in total. The Bertz CT molecular complexity index is 195. The van der Waals surface area contributed by atoms with Crippen molar-refractivity contribution in [1.29, 1.82) is 0 Å². The second-order valence-corrected chi connectivity index (χ2v) is 4.49. The Morgan fingerprint density at radius 1 is 1.27 bits per heavy atom. The lowest BCUT2D eigenvalue weighted by molar-refractivity contribution is -0.107. The zero-order chi connectivity index (χ0) is 8.74. The molecule has 0 saturated carbocycles. The van der Waals surface area contributed by atoms with Crippen LogP contribution in [0.15, 0.2) is 0 Å². The van der Waals surface area contributed by atoms with Crippen LogP contribution in [0.25, 0.3) is 0 Å². The van der Waals surface area contributed by atoms with Crippen molar-refractivity contribution >= 4 is 16.1 Å². The van der Waals surface area contributed by atoms with Gasteiger partial charge in [-0.1, -0.05) is 0 Å². The fraction of sp³-hybridized carbons (Fsp3) is 0.833. The van der Waals surface area contributed by atoms with Crippen LogP contribution in [0.4, 0.5) is 0 Å². The normalized spacial score (nSPS) is 11.4. The quantitative estimate of drug-likeness (QED) is 0.552. The third-order valence-corrected chi connectivity index (χ3v) is 2.93. The fourth-order valence-electron chi connectivity index (χ4n) is 0.614. The smallest absolute Gasteiger partial charge is 0.150 e. The third kappa shape index (κ3) is 6.00. The van der Waals surface area contributed by atoms with Crippen LogP contribution >= 0.6 is 0 Å². The van der Waals surface area contributed by atoms with Gasteiger partial charge in [0.05, 0.1) is 11.5 Å². The Morgan fingerprint density at radius 3 is 2.36 bits per heavy atom. The number of rotatable bonds is 6. The van der Waals surface area contributed by atoms with Gasteiger partial charge in [-0.3, -0.25) is 0 Å². The van der Waals surface area contributed by atoms with E-state index in [9.17, 15) is 13.2 Å². The molecule has 0 aromatic rings. The summed E-state index contributed by atoms with van der Waals surface area (Å²) in [5, 5.41) is 8.32. The molecule has 5 heteroatoms. The largest absolute Gasteiger partial charge is 0.396 e. The number of aliphatic hydroxyl groups is 1. The molecule has 0 bridgehead atoms. The first kappa shape index (κ1) is 10.6. The van der Waals surface area contributed by atoms with Crippen molar-refractivity contribution in [2.75, 3.05) is 18.1 Å². The van der Waals surface area contributed by atoms with E-state index < -0.39 is 9.84 Å². The Balaban J connectivity index is 3.71. The van der Waals surface area contributed by atoms with Crippen LogP contribution in [-0.2, 0) is 14.6 Å². The summed E-state index contributed by atoms with van der Waals surface area (Å²) in [6.07, 6.45) is 0.880. The van der Waals surface area contributed by atoms with Gasteiger partial charge in [-0.05, 0) is 6.42 Å². The molecule has 0 heterocycles. The molecule has 0 fully saturated rings. The van der Waals surface area contributed by atoms with Crippen molar-refractivity contribution < 1.29 is 18.3 Å². The van der Waals surface area contributed by atoms with Crippen molar-refractivity contribution in [1.82, 2.24) is 0 Å². The van der Waals surface area contributed by atoms with Crippen LogP contribution < -0.4 is 0 Å². The van der Waals surface area contributed by atoms with Crippen molar-refractivity contribution in [3.63, 3.8) is 0 Å². The highest BCUT2D eigenvalue weighted by atomic mass is 32.2. The predicted molar refractivity (Wildman–Crippen MR) is 41.0 cm³/mol. The number of hydrogen-bond acceptors (Lipinski definition) is 4. The lowest BCUT2D eigenvalue weighted by atomic mass is 10.5. The SMILES string of the molecule is O=CCCS(=O)(=O)CCCO. The van der Waals surface area contributed by atoms with Gasteiger partial charge >= 0.3 is 0 Å². The van der Waals surface area contributed by atoms with E-state index in [0.717, 1.165) is 0 Å². The summed E-state index contributed by atoms with van der Waals surface area (Å²) in [5.41, 5.74) is 0. The Labute approximate surface area is 66.1 Å². The maximum atomic E-state index is 10.9. The van der Waals surface area contributed by atoms with Gasteiger partial charge < -0.3 is 9.90 Å². The molecule has 0 spiro atoms. The van der Waals surface area contributed by atoms with Crippen LogP contribution in [-0.4, -0.2) is 37.9 Å². The van der Waals surface area contributed by atoms with Crippen molar-refractivity contribution in [2.24, 2.45) is 0 Å². The maximum Gasteiger partial charge on any atom is 0.150 e. The number of sulfone groups is 1. The average Bonchev–Trinajstić information content (AvgIpc) is 1.97. The summed E-state index contributed by atoms with van der Waals surface area (Å²) < 4.78 is 21.8. The van der Waals surface area contributed by atoms with Gasteiger partial charge in [-0.2, -0.15) is 0 Å². The first-order valence-electron chi connectivity index (χ1n) is 3.37. The van der Waals surface area contributed by atoms with Gasteiger partial charge in [0.15, 0.2) is 9.84 Å². The van der Waals surface area contributed by atoms with Crippen molar-refractivity contribution in [3.8, 4) is 0 Å². The summed E-state index contributed by atoms with van der Waals surface area (Å²) in [6.45, 7) is -0.125. The van der Waals surface area contributed by atoms with E-state index in [1.165, 1.54) is 0 Å². The van der Waals surface area contributed by atoms with E-state index in [1.54, 1.807) is 0 Å². The minimum atomic E-state index is -3.10. The molecule has 11 heavy (non-hydrogen) atoms. The van der Waals surface area contributed by atoms with E-state index in [-0.39, 0.29) is 31.0 Å². The van der Waals surface area contributed by atoms with Gasteiger partial charge in [0, 0.05) is 13.0 Å². The van der Waals surface area contributed by atoms with E-state index in [4.69, 9.17) is 5.11 Å². The highest BCUT2D eigenvalue weighted by molar-refractivity contribution is 7.91. The molecule has 0 aromatic carbocycles. The maximum absolute atomic E-state index is 10.9. The lowest BCUT2D eigenvalue weighted by Gasteiger charge is -1.98. The van der Waals surface area contributed by atoms with E-state index >= 15 is 0 Å². The Kier molecular flexibility index (Phi) is 5.06. The van der Waals surface area contributed by atoms with Gasteiger partial charge in [-0.15, -0.1) is 0 Å². The molecule has 0 aliphatic rings. The van der Waals surface area contributed by atoms with Gasteiger partial charge in [-0.25, -0.2) is 8.42 Å². The van der Waals surface area contributed by atoms with Gasteiger partial charge in [0.25, 0.3) is 0 Å². The van der Waals surface area contributed by atoms with Crippen molar-refractivity contribution in [2.45, 2.75) is 12.8 Å². The first-order valence-corrected chi connectivity index (χ1v) is 5.19. The predicted octanol–water partition coefficient (Wildman–Crippen LogP) is -0.627. The molecule has 0 radical (unpaired) electrons. The number of aldehydes is 1. The highest BCUT2D eigenvalue weighted by Crippen LogP contribution is 1.94. The molecule has 0 aliphatic carbocycles. The van der Waals surface area contributed by atoms with Crippen LogP contribution in [0.5, 0.6) is 0 Å². The Morgan fingerprint density at radius 2 is 1.91 bits per heavy atom. The minimum absolute atomic E-state index is 0.0304. The monoisotopic (exact) mass is 180 g/mol. The van der Waals surface area contributed by atoms with Crippen LogP contribution in [0.3, 0.4) is 0 Å². The van der Waals surface area contributed by atoms with E-state index in [2.05, 4.69) is 0 Å². The zero-order valence-electron chi connectivity index (χ0n) is 6.19. The topological polar surface area (TPSA) is 71.4 Å². The number of carbonyl (C=O) groups is 1. The number of carbonyl (C=O) groups excluding carboxylic acids is 1. The summed E-state index contributed by atoms with van der Waals surface area (Å²) in [5.74, 6) is -0.131. The lowest BCUT2D eigenvalue weighted by Crippen LogP contribution is -2.12. The average molecular weight is 180 g/mol. The minimum Gasteiger partial charge on any atom is -0.396 e.